The lowest BCUT2D eigenvalue weighted by Gasteiger charge is -2.11. The molecule has 4 heteroatoms. The molecular weight excluding hydrogens is 362 g/mol. The molecule has 3 rings (SSSR count). The van der Waals surface area contributed by atoms with E-state index in [1.165, 1.54) is 6.08 Å². The van der Waals surface area contributed by atoms with Crippen molar-refractivity contribution in [2.75, 3.05) is 12.4 Å². The molecule has 1 N–H and O–H groups in total. The van der Waals surface area contributed by atoms with Crippen LogP contribution in [-0.2, 0) is 11.4 Å². The van der Waals surface area contributed by atoms with Gasteiger partial charge in [0.15, 0.2) is 11.5 Å². The molecule has 0 atom stereocenters. The molecule has 0 saturated heterocycles. The average molecular weight is 387 g/mol. The summed E-state index contributed by atoms with van der Waals surface area (Å²) in [6, 6.07) is 21.5. The summed E-state index contributed by atoms with van der Waals surface area (Å²) >= 11 is 0. The number of aryl methyl sites for hydroxylation is 2. The van der Waals surface area contributed by atoms with Gasteiger partial charge in [-0.05, 0) is 54.8 Å². The highest BCUT2D eigenvalue weighted by atomic mass is 16.5. The van der Waals surface area contributed by atoms with Crippen molar-refractivity contribution in [1.29, 1.82) is 0 Å². The molecule has 0 bridgehead atoms. The number of methoxy groups -OCH3 is 1. The van der Waals surface area contributed by atoms with Crippen LogP contribution in [0.3, 0.4) is 0 Å². The lowest BCUT2D eigenvalue weighted by atomic mass is 10.1. The minimum absolute atomic E-state index is 0.180. The molecule has 0 aliphatic carbocycles. The average Bonchev–Trinajstić information content (AvgIpc) is 2.73. The van der Waals surface area contributed by atoms with Gasteiger partial charge in [0.1, 0.15) is 6.61 Å². The number of rotatable bonds is 7. The molecule has 4 nitrogen and oxygen atoms in total. The van der Waals surface area contributed by atoms with Gasteiger partial charge in [-0.1, -0.05) is 54.1 Å². The smallest absolute Gasteiger partial charge is 0.248 e. The van der Waals surface area contributed by atoms with E-state index < -0.39 is 0 Å². The Morgan fingerprint density at radius 3 is 2.48 bits per heavy atom. The van der Waals surface area contributed by atoms with Gasteiger partial charge in [-0.3, -0.25) is 4.79 Å². The topological polar surface area (TPSA) is 47.6 Å². The minimum Gasteiger partial charge on any atom is -0.493 e. The summed E-state index contributed by atoms with van der Waals surface area (Å²) in [6.07, 6.45) is 3.26. The van der Waals surface area contributed by atoms with Crippen molar-refractivity contribution in [3.8, 4) is 11.5 Å². The Balaban J connectivity index is 1.65. The Kier molecular flexibility index (Phi) is 6.69. The first-order chi connectivity index (χ1) is 14.0. The molecule has 0 aromatic heterocycles. The van der Waals surface area contributed by atoms with E-state index in [2.05, 4.69) is 5.32 Å². The van der Waals surface area contributed by atoms with E-state index in [9.17, 15) is 4.79 Å². The molecule has 0 saturated carbocycles. The first-order valence-electron chi connectivity index (χ1n) is 9.46. The maximum Gasteiger partial charge on any atom is 0.248 e. The van der Waals surface area contributed by atoms with E-state index in [1.54, 1.807) is 13.2 Å². The molecular formula is C25H25NO3. The van der Waals surface area contributed by atoms with Crippen molar-refractivity contribution >= 4 is 17.7 Å². The Morgan fingerprint density at radius 1 is 0.966 bits per heavy atom. The maximum absolute atomic E-state index is 12.2. The van der Waals surface area contributed by atoms with Crippen molar-refractivity contribution in [2.24, 2.45) is 0 Å². The summed E-state index contributed by atoms with van der Waals surface area (Å²) < 4.78 is 11.3. The fourth-order valence-electron chi connectivity index (χ4n) is 2.94. The Morgan fingerprint density at radius 2 is 1.76 bits per heavy atom. The Labute approximate surface area is 171 Å². The Bertz CT molecular complexity index is 1010. The SMILES string of the molecule is COc1cc(C=CC(=O)Nc2ccc(C)cc2C)ccc1OCc1ccccc1. The molecule has 0 spiro atoms. The van der Waals surface area contributed by atoms with E-state index in [0.29, 0.717) is 18.1 Å². The summed E-state index contributed by atoms with van der Waals surface area (Å²) in [5.74, 6) is 1.10. The standard InChI is InChI=1S/C25H25NO3/c1-18-9-12-22(19(2)15-18)26-25(27)14-11-20-10-13-23(24(16-20)28-3)29-17-21-7-5-4-6-8-21/h4-16H,17H2,1-3H3,(H,26,27). The summed E-state index contributed by atoms with van der Waals surface area (Å²) in [5.41, 5.74) is 4.95. The Hall–Kier alpha value is -3.53. The van der Waals surface area contributed by atoms with Crippen LogP contribution < -0.4 is 14.8 Å². The largest absolute Gasteiger partial charge is 0.493 e. The quantitative estimate of drug-likeness (QED) is 0.541. The number of carbonyl (C=O) groups is 1. The van der Waals surface area contributed by atoms with Crippen LogP contribution >= 0.6 is 0 Å². The zero-order chi connectivity index (χ0) is 20.6. The first kappa shape index (κ1) is 20.2. The predicted octanol–water partition coefficient (Wildman–Crippen LogP) is 5.54. The molecule has 1 amide bonds. The number of hydrogen-bond acceptors (Lipinski definition) is 3. The van der Waals surface area contributed by atoms with Crippen LogP contribution in [0.15, 0.2) is 72.8 Å². The maximum atomic E-state index is 12.2. The van der Waals surface area contributed by atoms with Crippen molar-refractivity contribution in [1.82, 2.24) is 0 Å². The minimum atomic E-state index is -0.180. The van der Waals surface area contributed by atoms with Crippen LogP contribution in [0.1, 0.15) is 22.3 Å². The molecule has 0 radical (unpaired) electrons. The third-order valence-corrected chi connectivity index (χ3v) is 4.49. The summed E-state index contributed by atoms with van der Waals surface area (Å²) in [4.78, 5) is 12.2. The highest BCUT2D eigenvalue weighted by Gasteiger charge is 2.06. The normalized spacial score (nSPS) is 10.7. The molecule has 0 heterocycles. The highest BCUT2D eigenvalue weighted by molar-refractivity contribution is 6.02. The molecule has 0 fully saturated rings. The van der Waals surface area contributed by atoms with Crippen molar-refractivity contribution < 1.29 is 14.3 Å². The second kappa shape index (κ2) is 9.60. The summed E-state index contributed by atoms with van der Waals surface area (Å²) in [7, 11) is 1.60. The monoisotopic (exact) mass is 387 g/mol. The third-order valence-electron chi connectivity index (χ3n) is 4.49. The van der Waals surface area contributed by atoms with Crippen molar-refractivity contribution in [2.45, 2.75) is 20.5 Å². The van der Waals surface area contributed by atoms with Crippen LogP contribution in [-0.4, -0.2) is 13.0 Å². The van der Waals surface area contributed by atoms with Crippen LogP contribution in [0.5, 0.6) is 11.5 Å². The number of carbonyl (C=O) groups excluding carboxylic acids is 1. The molecule has 3 aromatic rings. The number of ether oxygens (including phenoxy) is 2. The second-order valence-corrected chi connectivity index (χ2v) is 6.83. The van der Waals surface area contributed by atoms with Gasteiger partial charge in [-0.2, -0.15) is 0 Å². The molecule has 0 aliphatic heterocycles. The lowest BCUT2D eigenvalue weighted by molar-refractivity contribution is -0.111. The second-order valence-electron chi connectivity index (χ2n) is 6.83. The van der Waals surface area contributed by atoms with E-state index in [-0.39, 0.29) is 5.91 Å². The van der Waals surface area contributed by atoms with E-state index in [0.717, 1.165) is 27.9 Å². The van der Waals surface area contributed by atoms with Gasteiger partial charge in [-0.25, -0.2) is 0 Å². The van der Waals surface area contributed by atoms with Crippen LogP contribution in [0.4, 0.5) is 5.69 Å². The van der Waals surface area contributed by atoms with Crippen LogP contribution in [0, 0.1) is 13.8 Å². The third kappa shape index (κ3) is 5.72. The van der Waals surface area contributed by atoms with Gasteiger partial charge in [0.05, 0.1) is 7.11 Å². The fraction of sp³-hybridized carbons (Fsp3) is 0.160. The number of benzene rings is 3. The zero-order valence-electron chi connectivity index (χ0n) is 16.9. The lowest BCUT2D eigenvalue weighted by Crippen LogP contribution is -2.08. The van der Waals surface area contributed by atoms with Crippen molar-refractivity contribution in [3.63, 3.8) is 0 Å². The molecule has 148 valence electrons. The van der Waals surface area contributed by atoms with Gasteiger partial charge < -0.3 is 14.8 Å². The van der Waals surface area contributed by atoms with Crippen LogP contribution in [0.2, 0.25) is 0 Å². The van der Waals surface area contributed by atoms with E-state index in [4.69, 9.17) is 9.47 Å². The van der Waals surface area contributed by atoms with Gasteiger partial charge in [0.2, 0.25) is 5.91 Å². The van der Waals surface area contributed by atoms with Crippen molar-refractivity contribution in [3.05, 3.63) is 95.1 Å². The summed E-state index contributed by atoms with van der Waals surface area (Å²) in [6.45, 7) is 4.47. The molecule has 3 aromatic carbocycles. The predicted molar refractivity (Wildman–Crippen MR) is 117 cm³/mol. The van der Waals surface area contributed by atoms with Gasteiger partial charge in [-0.15, -0.1) is 0 Å². The first-order valence-corrected chi connectivity index (χ1v) is 9.46. The fourth-order valence-corrected chi connectivity index (χ4v) is 2.94. The molecule has 0 unspecified atom stereocenters. The highest BCUT2D eigenvalue weighted by Crippen LogP contribution is 2.29. The number of hydrogen-bond donors (Lipinski definition) is 1. The van der Waals surface area contributed by atoms with Gasteiger partial charge in [0, 0.05) is 11.8 Å². The van der Waals surface area contributed by atoms with Crippen LogP contribution in [0.25, 0.3) is 6.08 Å². The van der Waals surface area contributed by atoms with Gasteiger partial charge in [0.25, 0.3) is 0 Å². The number of amides is 1. The zero-order valence-corrected chi connectivity index (χ0v) is 16.9. The van der Waals surface area contributed by atoms with E-state index >= 15 is 0 Å². The van der Waals surface area contributed by atoms with Gasteiger partial charge >= 0.3 is 0 Å². The van der Waals surface area contributed by atoms with E-state index in [1.807, 2.05) is 80.6 Å². The summed E-state index contributed by atoms with van der Waals surface area (Å²) in [5, 5.41) is 2.90. The number of anilines is 1. The number of nitrogens with one attached hydrogen (secondary N) is 1. The molecule has 0 aliphatic rings. The molecule has 29 heavy (non-hydrogen) atoms.